The van der Waals surface area contributed by atoms with E-state index in [1.165, 1.54) is 12.8 Å². The third kappa shape index (κ3) is 6.01. The Morgan fingerprint density at radius 2 is 2.12 bits per heavy atom. The van der Waals surface area contributed by atoms with E-state index in [-0.39, 0.29) is 0 Å². The summed E-state index contributed by atoms with van der Waals surface area (Å²) in [4.78, 5) is 1.06. The van der Waals surface area contributed by atoms with Gasteiger partial charge in [0.1, 0.15) is 0 Å². The van der Waals surface area contributed by atoms with E-state index in [2.05, 4.69) is 19.2 Å². The lowest BCUT2D eigenvalue weighted by Gasteiger charge is -2.13. The highest BCUT2D eigenvalue weighted by atomic mass is 35.5. The lowest BCUT2D eigenvalue weighted by Crippen LogP contribution is -2.23. The lowest BCUT2D eigenvalue weighted by molar-refractivity contribution is 0.638. The Balaban J connectivity index is 2.39. The first-order valence-electron chi connectivity index (χ1n) is 5.96. The van der Waals surface area contributed by atoms with Crippen LogP contribution in [-0.2, 0) is 0 Å². The van der Waals surface area contributed by atoms with Gasteiger partial charge in [0.05, 0.1) is 5.02 Å². The Hall–Kier alpha value is 0.110. The molecule has 1 unspecified atom stereocenters. The van der Waals surface area contributed by atoms with Crippen LogP contribution in [0.1, 0.15) is 26.7 Å². The summed E-state index contributed by atoms with van der Waals surface area (Å²) in [6.07, 6.45) is 2.46. The van der Waals surface area contributed by atoms with Gasteiger partial charge in [0.25, 0.3) is 0 Å². The summed E-state index contributed by atoms with van der Waals surface area (Å²) >= 11 is 13.8. The molecule has 1 rings (SSSR count). The molecule has 1 N–H and O–H groups in total. The number of hydrogen-bond acceptors (Lipinski definition) is 2. The first kappa shape index (κ1) is 15.2. The highest BCUT2D eigenvalue weighted by Crippen LogP contribution is 2.32. The van der Waals surface area contributed by atoms with Crippen LogP contribution < -0.4 is 5.32 Å². The fourth-order valence-electron chi connectivity index (χ4n) is 1.43. The molecule has 1 nitrogen and oxygen atoms in total. The molecule has 0 heterocycles. The summed E-state index contributed by atoms with van der Waals surface area (Å²) in [6.45, 7) is 6.48. The number of hydrogen-bond donors (Lipinski definition) is 1. The molecule has 1 atom stereocenters. The van der Waals surface area contributed by atoms with Crippen LogP contribution >= 0.6 is 35.0 Å². The van der Waals surface area contributed by atoms with E-state index in [0.29, 0.717) is 5.25 Å². The number of unbranched alkanes of at least 4 members (excludes halogenated alkanes) is 1. The molecule has 0 saturated carbocycles. The van der Waals surface area contributed by atoms with Crippen molar-refractivity contribution in [2.45, 2.75) is 36.8 Å². The van der Waals surface area contributed by atoms with E-state index in [9.17, 15) is 0 Å². The zero-order chi connectivity index (χ0) is 12.7. The molecule has 96 valence electrons. The van der Waals surface area contributed by atoms with E-state index in [4.69, 9.17) is 23.2 Å². The highest BCUT2D eigenvalue weighted by Gasteiger charge is 2.07. The second-order valence-corrected chi connectivity index (χ2v) is 6.38. The fourth-order valence-corrected chi connectivity index (χ4v) is 2.93. The third-order valence-corrected chi connectivity index (χ3v) is 4.20. The molecule has 0 aliphatic heterocycles. The van der Waals surface area contributed by atoms with Crippen molar-refractivity contribution in [1.29, 1.82) is 0 Å². The van der Waals surface area contributed by atoms with Gasteiger partial charge < -0.3 is 5.32 Å². The Bertz CT molecular complexity index is 344. The van der Waals surface area contributed by atoms with Gasteiger partial charge in [0.15, 0.2) is 0 Å². The first-order valence-corrected chi connectivity index (χ1v) is 7.59. The van der Waals surface area contributed by atoms with Gasteiger partial charge in [-0.1, -0.05) is 43.5 Å². The molecule has 4 heteroatoms. The summed E-state index contributed by atoms with van der Waals surface area (Å²) in [5, 5.41) is 5.45. The molecule has 0 amide bonds. The summed E-state index contributed by atoms with van der Waals surface area (Å²) in [6, 6.07) is 5.60. The summed E-state index contributed by atoms with van der Waals surface area (Å²) in [7, 11) is 0. The Kier molecular flexibility index (Phi) is 7.36. The van der Waals surface area contributed by atoms with E-state index in [1.54, 1.807) is 11.8 Å². The number of thioether (sulfide) groups is 1. The van der Waals surface area contributed by atoms with Crippen LogP contribution in [0, 0.1) is 0 Å². The minimum absolute atomic E-state index is 0.489. The predicted molar refractivity (Wildman–Crippen MR) is 79.6 cm³/mol. The van der Waals surface area contributed by atoms with Crippen LogP contribution in [0.4, 0.5) is 0 Å². The van der Waals surface area contributed by atoms with Crippen molar-refractivity contribution in [2.75, 3.05) is 13.1 Å². The van der Waals surface area contributed by atoms with Gasteiger partial charge in [-0.3, -0.25) is 0 Å². The number of nitrogens with one attached hydrogen (secondary N) is 1. The fraction of sp³-hybridized carbons (Fsp3) is 0.538. The van der Waals surface area contributed by atoms with Gasteiger partial charge in [0, 0.05) is 21.7 Å². The first-order chi connectivity index (χ1) is 8.13. The minimum Gasteiger partial charge on any atom is -0.316 e. The predicted octanol–water partition coefficient (Wildman–Crippen LogP) is 4.86. The van der Waals surface area contributed by atoms with E-state index in [0.717, 1.165) is 28.0 Å². The maximum Gasteiger partial charge on any atom is 0.0543 e. The molecule has 17 heavy (non-hydrogen) atoms. The summed E-state index contributed by atoms with van der Waals surface area (Å²) < 4.78 is 0. The van der Waals surface area contributed by atoms with E-state index >= 15 is 0 Å². The molecule has 1 aromatic rings. The molecule has 0 spiro atoms. The topological polar surface area (TPSA) is 12.0 Å². The normalized spacial score (nSPS) is 12.7. The highest BCUT2D eigenvalue weighted by molar-refractivity contribution is 8.00. The van der Waals surface area contributed by atoms with Gasteiger partial charge in [-0.25, -0.2) is 0 Å². The quantitative estimate of drug-likeness (QED) is 0.568. The molecule has 0 bridgehead atoms. The Morgan fingerprint density at radius 3 is 2.82 bits per heavy atom. The van der Waals surface area contributed by atoms with Crippen LogP contribution in [0.15, 0.2) is 23.1 Å². The minimum atomic E-state index is 0.489. The molecule has 0 radical (unpaired) electrons. The Morgan fingerprint density at radius 1 is 1.35 bits per heavy atom. The molecule has 0 aliphatic carbocycles. The number of benzene rings is 1. The molecule has 1 aromatic carbocycles. The van der Waals surface area contributed by atoms with Crippen LogP contribution in [0.2, 0.25) is 10.0 Å². The average molecular weight is 292 g/mol. The summed E-state index contributed by atoms with van der Waals surface area (Å²) in [5.74, 6) is 0. The zero-order valence-electron chi connectivity index (χ0n) is 10.3. The zero-order valence-corrected chi connectivity index (χ0v) is 12.6. The van der Waals surface area contributed by atoms with Crippen molar-refractivity contribution in [1.82, 2.24) is 5.32 Å². The van der Waals surface area contributed by atoms with Crippen molar-refractivity contribution in [3.8, 4) is 0 Å². The largest absolute Gasteiger partial charge is 0.316 e. The molecule has 0 aromatic heterocycles. The molecular formula is C13H19Cl2NS. The van der Waals surface area contributed by atoms with Crippen LogP contribution in [0.3, 0.4) is 0 Å². The SMILES string of the molecule is CCCCNCC(C)Sc1cc(Cl)ccc1Cl. The summed E-state index contributed by atoms with van der Waals surface area (Å²) in [5.41, 5.74) is 0. The molecule has 0 aliphatic rings. The van der Waals surface area contributed by atoms with Gasteiger partial charge in [-0.15, -0.1) is 11.8 Å². The monoisotopic (exact) mass is 291 g/mol. The Labute approximate surface area is 118 Å². The van der Waals surface area contributed by atoms with Crippen molar-refractivity contribution in [3.05, 3.63) is 28.2 Å². The van der Waals surface area contributed by atoms with Crippen molar-refractivity contribution in [2.24, 2.45) is 0 Å². The van der Waals surface area contributed by atoms with Crippen molar-refractivity contribution >= 4 is 35.0 Å². The van der Waals surface area contributed by atoms with Gasteiger partial charge in [0.2, 0.25) is 0 Å². The third-order valence-electron chi connectivity index (χ3n) is 2.36. The second kappa shape index (κ2) is 8.25. The number of halogens is 2. The van der Waals surface area contributed by atoms with Gasteiger partial charge in [-0.2, -0.15) is 0 Å². The van der Waals surface area contributed by atoms with Crippen LogP contribution in [0.25, 0.3) is 0 Å². The van der Waals surface area contributed by atoms with Crippen LogP contribution in [0.5, 0.6) is 0 Å². The smallest absolute Gasteiger partial charge is 0.0543 e. The molecular weight excluding hydrogens is 273 g/mol. The molecule has 0 fully saturated rings. The van der Waals surface area contributed by atoms with E-state index < -0.39 is 0 Å². The second-order valence-electron chi connectivity index (χ2n) is 4.06. The van der Waals surface area contributed by atoms with Crippen LogP contribution in [-0.4, -0.2) is 18.3 Å². The lowest BCUT2D eigenvalue weighted by atomic mass is 10.3. The average Bonchev–Trinajstić information content (AvgIpc) is 2.29. The van der Waals surface area contributed by atoms with Gasteiger partial charge in [-0.05, 0) is 31.2 Å². The van der Waals surface area contributed by atoms with E-state index in [1.807, 2.05) is 18.2 Å². The standard InChI is InChI=1S/C13H19Cl2NS/c1-3-4-7-16-9-10(2)17-13-8-11(14)5-6-12(13)15/h5-6,8,10,16H,3-4,7,9H2,1-2H3. The number of rotatable bonds is 7. The van der Waals surface area contributed by atoms with Gasteiger partial charge >= 0.3 is 0 Å². The maximum absolute atomic E-state index is 6.12. The maximum atomic E-state index is 6.12. The molecule has 0 saturated heterocycles. The van der Waals surface area contributed by atoms with Crippen molar-refractivity contribution < 1.29 is 0 Å². The van der Waals surface area contributed by atoms with Crippen molar-refractivity contribution in [3.63, 3.8) is 0 Å².